The van der Waals surface area contributed by atoms with Crippen LogP contribution in [0.2, 0.25) is 0 Å². The van der Waals surface area contributed by atoms with Crippen LogP contribution in [0, 0.1) is 11.3 Å². The minimum atomic E-state index is -0.559. The van der Waals surface area contributed by atoms with E-state index in [1.807, 2.05) is 67.6 Å². The molecule has 0 radical (unpaired) electrons. The van der Waals surface area contributed by atoms with E-state index in [2.05, 4.69) is 0 Å². The van der Waals surface area contributed by atoms with E-state index in [9.17, 15) is 14.9 Å². The maximum absolute atomic E-state index is 13.3. The number of carbonyl (C=O) groups excluding carboxylic acids is 2. The molecule has 0 N–H and O–H groups in total. The summed E-state index contributed by atoms with van der Waals surface area (Å²) in [4.78, 5) is 27.4. The number of hydrogen-bond donors (Lipinski definition) is 0. The molecule has 2 amide bonds. The molecule has 0 fully saturated rings. The highest BCUT2D eigenvalue weighted by atomic mass is 16.5. The third kappa shape index (κ3) is 4.18. The summed E-state index contributed by atoms with van der Waals surface area (Å²) in [6.07, 6.45) is 2.64. The van der Waals surface area contributed by atoms with Crippen molar-refractivity contribution in [2.45, 2.75) is 33.2 Å². The van der Waals surface area contributed by atoms with Gasteiger partial charge in [0.2, 0.25) is 0 Å². The number of ether oxygens (including phenoxy) is 1. The fraction of sp³-hybridized carbons (Fsp3) is 0.240. The zero-order valence-corrected chi connectivity index (χ0v) is 17.4. The molecule has 0 aromatic heterocycles. The Balaban J connectivity index is 2.00. The van der Waals surface area contributed by atoms with Crippen LogP contribution in [0.4, 0.5) is 0 Å². The number of imide groups is 1. The monoisotopic (exact) mass is 400 g/mol. The van der Waals surface area contributed by atoms with Gasteiger partial charge in [-0.2, -0.15) is 5.26 Å². The number of carbonyl (C=O) groups is 2. The first-order valence-electron chi connectivity index (χ1n) is 9.96. The molecule has 0 spiro atoms. The smallest absolute Gasteiger partial charge is 0.272 e. The Bertz CT molecular complexity index is 1040. The highest BCUT2D eigenvalue weighted by Crippen LogP contribution is 2.32. The van der Waals surface area contributed by atoms with Gasteiger partial charge in [0.1, 0.15) is 17.4 Å². The van der Waals surface area contributed by atoms with Crippen LogP contribution in [-0.4, -0.2) is 23.3 Å². The van der Waals surface area contributed by atoms with Crippen molar-refractivity contribution >= 4 is 17.9 Å². The van der Waals surface area contributed by atoms with Gasteiger partial charge in [-0.05, 0) is 55.2 Å². The van der Waals surface area contributed by atoms with Gasteiger partial charge in [0.15, 0.2) is 0 Å². The van der Waals surface area contributed by atoms with E-state index in [1.165, 1.54) is 4.90 Å². The molecule has 1 heterocycles. The molecule has 1 aliphatic heterocycles. The summed E-state index contributed by atoms with van der Waals surface area (Å²) in [5, 5.41) is 9.58. The zero-order chi connectivity index (χ0) is 21.7. The molecular weight excluding hydrogens is 376 g/mol. The average molecular weight is 400 g/mol. The van der Waals surface area contributed by atoms with Crippen LogP contribution in [0.3, 0.4) is 0 Å². The Morgan fingerprint density at radius 3 is 2.33 bits per heavy atom. The van der Waals surface area contributed by atoms with Crippen molar-refractivity contribution in [1.29, 1.82) is 5.26 Å². The quantitative estimate of drug-likeness (QED) is 0.514. The van der Waals surface area contributed by atoms with E-state index >= 15 is 0 Å². The van der Waals surface area contributed by atoms with E-state index < -0.39 is 17.9 Å². The second-order valence-corrected chi connectivity index (χ2v) is 7.15. The highest BCUT2D eigenvalue weighted by Gasteiger charge is 2.38. The van der Waals surface area contributed by atoms with E-state index in [4.69, 9.17) is 4.74 Å². The van der Waals surface area contributed by atoms with E-state index in [-0.39, 0.29) is 5.57 Å². The van der Waals surface area contributed by atoms with Gasteiger partial charge in [-0.1, -0.05) is 49.4 Å². The van der Waals surface area contributed by atoms with Gasteiger partial charge in [-0.15, -0.1) is 0 Å². The minimum absolute atomic E-state index is 0.00784. The van der Waals surface area contributed by atoms with Crippen molar-refractivity contribution in [2.24, 2.45) is 0 Å². The van der Waals surface area contributed by atoms with Gasteiger partial charge in [-0.25, -0.2) is 0 Å². The van der Waals surface area contributed by atoms with E-state index in [0.29, 0.717) is 17.8 Å². The predicted octanol–water partition coefficient (Wildman–Crippen LogP) is 4.83. The van der Waals surface area contributed by atoms with Crippen molar-refractivity contribution in [3.8, 4) is 11.8 Å². The standard InChI is InChI=1S/C25H24N2O3/c1-4-14-30-21-12-10-19(11-13-21)15-22-17(2)23(16-26)25(29)27(24(22)28)18(3)20-8-6-5-7-9-20/h5-13,15,18H,4,14H2,1-3H3/b22-15+. The van der Waals surface area contributed by atoms with Crippen LogP contribution >= 0.6 is 0 Å². The van der Waals surface area contributed by atoms with Crippen molar-refractivity contribution in [1.82, 2.24) is 4.90 Å². The molecule has 1 aliphatic rings. The zero-order valence-electron chi connectivity index (χ0n) is 17.4. The first-order valence-corrected chi connectivity index (χ1v) is 9.96. The van der Waals surface area contributed by atoms with Gasteiger partial charge in [0.25, 0.3) is 11.8 Å². The van der Waals surface area contributed by atoms with Crippen LogP contribution in [0.5, 0.6) is 5.75 Å². The largest absolute Gasteiger partial charge is 0.494 e. The second kappa shape index (κ2) is 9.23. The molecule has 152 valence electrons. The molecule has 2 aromatic carbocycles. The van der Waals surface area contributed by atoms with Crippen molar-refractivity contribution in [2.75, 3.05) is 6.61 Å². The lowest BCUT2D eigenvalue weighted by atomic mass is 9.91. The molecule has 5 nitrogen and oxygen atoms in total. The second-order valence-electron chi connectivity index (χ2n) is 7.15. The first kappa shape index (κ1) is 21.1. The summed E-state index contributed by atoms with van der Waals surface area (Å²) in [6, 6.07) is 18.2. The number of amides is 2. The molecule has 0 saturated heterocycles. The topological polar surface area (TPSA) is 70.4 Å². The number of nitriles is 1. The molecule has 0 aliphatic carbocycles. The molecule has 1 unspecified atom stereocenters. The van der Waals surface area contributed by atoms with Crippen LogP contribution in [0.1, 0.15) is 44.4 Å². The lowest BCUT2D eigenvalue weighted by Crippen LogP contribution is -2.44. The number of rotatable bonds is 6. The molecule has 30 heavy (non-hydrogen) atoms. The van der Waals surface area contributed by atoms with Gasteiger partial charge in [-0.3, -0.25) is 14.5 Å². The fourth-order valence-electron chi connectivity index (χ4n) is 3.38. The van der Waals surface area contributed by atoms with Crippen LogP contribution < -0.4 is 4.74 Å². The van der Waals surface area contributed by atoms with Gasteiger partial charge in [0, 0.05) is 5.57 Å². The Hall–Kier alpha value is -3.65. The van der Waals surface area contributed by atoms with Crippen molar-refractivity contribution < 1.29 is 14.3 Å². The third-order valence-corrected chi connectivity index (χ3v) is 5.11. The van der Waals surface area contributed by atoms with Crippen LogP contribution in [0.15, 0.2) is 71.3 Å². The van der Waals surface area contributed by atoms with Crippen molar-refractivity contribution in [3.05, 3.63) is 82.4 Å². The Labute approximate surface area is 176 Å². The summed E-state index contributed by atoms with van der Waals surface area (Å²) < 4.78 is 5.60. The molecule has 5 heteroatoms. The lowest BCUT2D eigenvalue weighted by Gasteiger charge is -2.32. The maximum Gasteiger partial charge on any atom is 0.272 e. The first-order chi connectivity index (χ1) is 14.5. The van der Waals surface area contributed by atoms with Gasteiger partial charge in [0.05, 0.1) is 12.6 Å². The van der Waals surface area contributed by atoms with Gasteiger partial charge >= 0.3 is 0 Å². The fourth-order valence-corrected chi connectivity index (χ4v) is 3.38. The predicted molar refractivity (Wildman–Crippen MR) is 115 cm³/mol. The molecule has 0 saturated carbocycles. The third-order valence-electron chi connectivity index (χ3n) is 5.11. The highest BCUT2D eigenvalue weighted by molar-refractivity contribution is 6.19. The Morgan fingerprint density at radius 2 is 1.73 bits per heavy atom. The molecule has 0 bridgehead atoms. The van der Waals surface area contributed by atoms with Crippen LogP contribution in [-0.2, 0) is 9.59 Å². The average Bonchev–Trinajstić information content (AvgIpc) is 2.77. The molecule has 3 rings (SSSR count). The van der Waals surface area contributed by atoms with Crippen molar-refractivity contribution in [3.63, 3.8) is 0 Å². The summed E-state index contributed by atoms with van der Waals surface area (Å²) >= 11 is 0. The Kier molecular flexibility index (Phi) is 6.48. The number of hydrogen-bond acceptors (Lipinski definition) is 4. The van der Waals surface area contributed by atoms with E-state index in [0.717, 1.165) is 23.3 Å². The summed E-state index contributed by atoms with van der Waals surface area (Å²) in [5.74, 6) is -0.204. The summed E-state index contributed by atoms with van der Waals surface area (Å²) in [6.45, 7) is 6.11. The van der Waals surface area contributed by atoms with Crippen LogP contribution in [0.25, 0.3) is 6.08 Å². The number of benzene rings is 2. The Morgan fingerprint density at radius 1 is 1.07 bits per heavy atom. The lowest BCUT2D eigenvalue weighted by molar-refractivity contribution is -0.143. The van der Waals surface area contributed by atoms with Gasteiger partial charge < -0.3 is 4.74 Å². The summed E-state index contributed by atoms with van der Waals surface area (Å²) in [5.41, 5.74) is 2.35. The summed E-state index contributed by atoms with van der Waals surface area (Å²) in [7, 11) is 0. The SMILES string of the molecule is CCCOc1ccc(/C=C2/C(=O)N(C(C)c3ccccc3)C(=O)C(C#N)=C2C)cc1. The minimum Gasteiger partial charge on any atom is -0.494 e. The normalized spacial score (nSPS) is 16.6. The molecular formula is C25H24N2O3. The molecule has 2 aromatic rings. The van der Waals surface area contributed by atoms with E-state index in [1.54, 1.807) is 19.9 Å². The maximum atomic E-state index is 13.3. The molecule has 1 atom stereocenters. The number of nitrogens with zero attached hydrogens (tertiary/aromatic N) is 2.